The fourth-order valence-electron chi connectivity index (χ4n) is 5.03. The highest BCUT2D eigenvalue weighted by atomic mass is 32.2. The van der Waals surface area contributed by atoms with Crippen LogP contribution in [0.5, 0.6) is 0 Å². The van der Waals surface area contributed by atoms with Gasteiger partial charge in [0, 0.05) is 54.0 Å². The standard InChI is InChI=1S/C28H33N3O2S/c1-21-26(20-34-25-10-6-3-7-11-25)29-27(33-21)22-12-14-23(15-13-22)28(32)31-18-16-30(17-19-31)24-8-4-2-5-9-24/h3,6-7,10-15,24H,2,4-5,8-9,16-20H2,1H3. The average molecular weight is 476 g/mol. The predicted octanol–water partition coefficient (Wildman–Crippen LogP) is 6.03. The maximum atomic E-state index is 13.1. The number of carbonyl (C=O) groups is 1. The topological polar surface area (TPSA) is 49.6 Å². The van der Waals surface area contributed by atoms with Crippen molar-refractivity contribution < 1.29 is 9.21 Å². The lowest BCUT2D eigenvalue weighted by Gasteiger charge is -2.40. The second kappa shape index (κ2) is 10.8. The molecule has 0 spiro atoms. The van der Waals surface area contributed by atoms with E-state index >= 15 is 0 Å². The van der Waals surface area contributed by atoms with Gasteiger partial charge in [-0.25, -0.2) is 4.98 Å². The molecule has 1 saturated heterocycles. The van der Waals surface area contributed by atoms with E-state index in [4.69, 9.17) is 9.40 Å². The van der Waals surface area contributed by atoms with Crippen molar-refractivity contribution in [1.82, 2.24) is 14.8 Å². The van der Waals surface area contributed by atoms with Crippen LogP contribution in [0.1, 0.15) is 53.9 Å². The average Bonchev–Trinajstić information content (AvgIpc) is 3.28. The highest BCUT2D eigenvalue weighted by Gasteiger charge is 2.27. The Morgan fingerprint density at radius 2 is 1.68 bits per heavy atom. The molecule has 34 heavy (non-hydrogen) atoms. The van der Waals surface area contributed by atoms with Crippen LogP contribution in [-0.4, -0.2) is 52.9 Å². The first-order valence-electron chi connectivity index (χ1n) is 12.5. The van der Waals surface area contributed by atoms with Crippen LogP contribution in [0.25, 0.3) is 11.5 Å². The van der Waals surface area contributed by atoms with Crippen LogP contribution in [0.15, 0.2) is 63.9 Å². The molecule has 2 aliphatic rings. The van der Waals surface area contributed by atoms with Crippen LogP contribution in [-0.2, 0) is 5.75 Å². The molecule has 178 valence electrons. The summed E-state index contributed by atoms with van der Waals surface area (Å²) in [6.07, 6.45) is 6.73. The smallest absolute Gasteiger partial charge is 0.253 e. The van der Waals surface area contributed by atoms with Crippen molar-refractivity contribution in [2.75, 3.05) is 26.2 Å². The van der Waals surface area contributed by atoms with Crippen molar-refractivity contribution in [1.29, 1.82) is 0 Å². The van der Waals surface area contributed by atoms with Crippen molar-refractivity contribution in [3.8, 4) is 11.5 Å². The van der Waals surface area contributed by atoms with Crippen LogP contribution in [0, 0.1) is 6.92 Å². The third-order valence-corrected chi connectivity index (χ3v) is 8.11. The predicted molar refractivity (Wildman–Crippen MR) is 137 cm³/mol. The van der Waals surface area contributed by atoms with Crippen LogP contribution in [0.4, 0.5) is 0 Å². The summed E-state index contributed by atoms with van der Waals surface area (Å²) in [6, 6.07) is 18.8. The second-order valence-electron chi connectivity index (χ2n) is 9.32. The minimum atomic E-state index is 0.123. The SMILES string of the molecule is Cc1oc(-c2ccc(C(=O)N3CCN(C4CCCCC4)CC3)cc2)nc1CSc1ccccc1. The van der Waals surface area contributed by atoms with Gasteiger partial charge in [0.15, 0.2) is 0 Å². The number of benzene rings is 2. The van der Waals surface area contributed by atoms with Crippen LogP contribution in [0.2, 0.25) is 0 Å². The summed E-state index contributed by atoms with van der Waals surface area (Å²) in [5, 5.41) is 0. The summed E-state index contributed by atoms with van der Waals surface area (Å²) in [6.45, 7) is 5.58. The number of hydrogen-bond donors (Lipinski definition) is 0. The molecular weight excluding hydrogens is 442 g/mol. The van der Waals surface area contributed by atoms with Gasteiger partial charge < -0.3 is 9.32 Å². The van der Waals surface area contributed by atoms with Crippen molar-refractivity contribution in [2.45, 2.75) is 55.7 Å². The first-order valence-corrected chi connectivity index (χ1v) is 13.4. The molecule has 0 radical (unpaired) electrons. The Bertz CT molecular complexity index is 1080. The summed E-state index contributed by atoms with van der Waals surface area (Å²) in [7, 11) is 0. The molecule has 2 aromatic carbocycles. The van der Waals surface area contributed by atoms with Gasteiger partial charge in [0.1, 0.15) is 5.76 Å². The van der Waals surface area contributed by atoms with Gasteiger partial charge in [-0.15, -0.1) is 11.8 Å². The molecule has 1 saturated carbocycles. The quantitative estimate of drug-likeness (QED) is 0.407. The Balaban J connectivity index is 1.18. The number of piperazine rings is 1. The van der Waals surface area contributed by atoms with E-state index < -0.39 is 0 Å². The molecule has 0 unspecified atom stereocenters. The molecule has 1 aliphatic carbocycles. The minimum absolute atomic E-state index is 0.123. The van der Waals surface area contributed by atoms with Gasteiger partial charge >= 0.3 is 0 Å². The number of amides is 1. The van der Waals surface area contributed by atoms with Gasteiger partial charge in [-0.3, -0.25) is 9.69 Å². The fourth-order valence-corrected chi connectivity index (χ4v) is 5.95. The van der Waals surface area contributed by atoms with Crippen molar-refractivity contribution in [3.63, 3.8) is 0 Å². The molecule has 1 aliphatic heterocycles. The number of nitrogens with zero attached hydrogens (tertiary/aromatic N) is 3. The highest BCUT2D eigenvalue weighted by Crippen LogP contribution is 2.28. The number of aryl methyl sites for hydroxylation is 1. The third-order valence-electron chi connectivity index (χ3n) is 7.08. The van der Waals surface area contributed by atoms with E-state index in [2.05, 4.69) is 17.0 Å². The van der Waals surface area contributed by atoms with E-state index in [9.17, 15) is 4.79 Å². The van der Waals surface area contributed by atoms with E-state index in [1.807, 2.05) is 54.3 Å². The summed E-state index contributed by atoms with van der Waals surface area (Å²) in [5.41, 5.74) is 2.59. The molecule has 5 nitrogen and oxygen atoms in total. The highest BCUT2D eigenvalue weighted by molar-refractivity contribution is 7.98. The van der Waals surface area contributed by atoms with Crippen molar-refractivity contribution in [3.05, 3.63) is 71.6 Å². The number of thioether (sulfide) groups is 1. The molecule has 2 heterocycles. The Kier molecular flexibility index (Phi) is 7.36. The number of rotatable bonds is 6. The number of oxazole rings is 1. The molecule has 0 atom stereocenters. The largest absolute Gasteiger partial charge is 0.441 e. The van der Waals surface area contributed by atoms with Gasteiger partial charge in [-0.1, -0.05) is 37.5 Å². The van der Waals surface area contributed by atoms with Gasteiger partial charge in [0.2, 0.25) is 5.89 Å². The lowest BCUT2D eigenvalue weighted by molar-refractivity contribution is 0.0523. The van der Waals surface area contributed by atoms with Gasteiger partial charge in [-0.05, 0) is 56.2 Å². The summed E-state index contributed by atoms with van der Waals surface area (Å²) in [5.74, 6) is 2.34. The zero-order valence-corrected chi connectivity index (χ0v) is 20.7. The minimum Gasteiger partial charge on any atom is -0.441 e. The molecular formula is C28H33N3O2S. The van der Waals surface area contributed by atoms with Crippen LogP contribution < -0.4 is 0 Å². The lowest BCUT2D eigenvalue weighted by Crippen LogP contribution is -2.52. The maximum Gasteiger partial charge on any atom is 0.253 e. The number of hydrogen-bond acceptors (Lipinski definition) is 5. The number of carbonyl (C=O) groups excluding carboxylic acids is 1. The van der Waals surface area contributed by atoms with E-state index in [-0.39, 0.29) is 5.91 Å². The first kappa shape index (κ1) is 23.2. The normalized spacial score (nSPS) is 17.7. The first-order chi connectivity index (χ1) is 16.7. The molecule has 3 aromatic rings. The molecule has 5 rings (SSSR count). The van der Waals surface area contributed by atoms with Crippen molar-refractivity contribution >= 4 is 17.7 Å². The Hall–Kier alpha value is -2.57. The van der Waals surface area contributed by atoms with E-state index in [0.29, 0.717) is 5.89 Å². The third kappa shape index (κ3) is 5.39. The van der Waals surface area contributed by atoms with Gasteiger partial charge in [-0.2, -0.15) is 0 Å². The second-order valence-corrected chi connectivity index (χ2v) is 10.4. The van der Waals surface area contributed by atoms with E-state index in [1.165, 1.54) is 37.0 Å². The van der Waals surface area contributed by atoms with E-state index in [1.54, 1.807) is 11.8 Å². The van der Waals surface area contributed by atoms with E-state index in [0.717, 1.165) is 60.6 Å². The maximum absolute atomic E-state index is 13.1. The Labute approximate surface area is 206 Å². The van der Waals surface area contributed by atoms with Crippen LogP contribution in [0.3, 0.4) is 0 Å². The molecule has 2 fully saturated rings. The van der Waals surface area contributed by atoms with Crippen molar-refractivity contribution in [2.24, 2.45) is 0 Å². The molecule has 0 N–H and O–H groups in total. The summed E-state index contributed by atoms with van der Waals surface area (Å²) < 4.78 is 5.95. The molecule has 6 heteroatoms. The zero-order chi connectivity index (χ0) is 23.3. The molecule has 1 aromatic heterocycles. The Morgan fingerprint density at radius 3 is 2.38 bits per heavy atom. The Morgan fingerprint density at radius 1 is 0.971 bits per heavy atom. The monoisotopic (exact) mass is 475 g/mol. The summed E-state index contributed by atoms with van der Waals surface area (Å²) >= 11 is 1.75. The lowest BCUT2D eigenvalue weighted by atomic mass is 9.94. The summed E-state index contributed by atoms with van der Waals surface area (Å²) in [4.78, 5) is 23.6. The van der Waals surface area contributed by atoms with Crippen LogP contribution >= 0.6 is 11.8 Å². The fraction of sp³-hybridized carbons (Fsp3) is 0.429. The number of aromatic nitrogens is 1. The molecule has 0 bridgehead atoms. The molecule has 1 amide bonds. The van der Waals surface area contributed by atoms with Gasteiger partial charge in [0.05, 0.1) is 5.69 Å². The zero-order valence-electron chi connectivity index (χ0n) is 19.9. The van der Waals surface area contributed by atoms with Gasteiger partial charge in [0.25, 0.3) is 5.91 Å².